The topological polar surface area (TPSA) is 38.3 Å². The maximum atomic E-state index is 11.7. The van der Waals surface area contributed by atoms with Crippen LogP contribution in [0.4, 0.5) is 5.69 Å². The van der Waals surface area contributed by atoms with E-state index >= 15 is 0 Å². The first kappa shape index (κ1) is 14.8. The van der Waals surface area contributed by atoms with E-state index in [0.717, 1.165) is 5.69 Å². The number of carbonyl (C=O) groups excluding carboxylic acids is 1. The predicted molar refractivity (Wildman–Crippen MR) is 78.7 cm³/mol. The minimum atomic E-state index is -0.345. The van der Waals surface area contributed by atoms with Gasteiger partial charge in [0.1, 0.15) is 5.75 Å². The summed E-state index contributed by atoms with van der Waals surface area (Å²) < 4.78 is 5.23. The van der Waals surface area contributed by atoms with Crippen molar-refractivity contribution in [2.24, 2.45) is 0 Å². The van der Waals surface area contributed by atoms with Gasteiger partial charge in [-0.2, -0.15) is 0 Å². The van der Waals surface area contributed by atoms with E-state index in [1.165, 1.54) is 0 Å². The molecule has 3 nitrogen and oxygen atoms in total. The van der Waals surface area contributed by atoms with Gasteiger partial charge in [-0.15, -0.1) is 0 Å². The number of anilines is 1. The van der Waals surface area contributed by atoms with Crippen molar-refractivity contribution in [3.8, 4) is 5.75 Å². The SMILES string of the molecule is CC.CNc1ccc(OC(=O)c2ccccc2)cc1. The van der Waals surface area contributed by atoms with Crippen LogP contribution in [0, 0.1) is 0 Å². The number of rotatable bonds is 3. The van der Waals surface area contributed by atoms with Crippen LogP contribution in [0.2, 0.25) is 0 Å². The molecule has 0 aliphatic heterocycles. The summed E-state index contributed by atoms with van der Waals surface area (Å²) in [6.07, 6.45) is 0. The third-order valence-electron chi connectivity index (χ3n) is 2.36. The van der Waals surface area contributed by atoms with Crippen molar-refractivity contribution in [2.75, 3.05) is 12.4 Å². The van der Waals surface area contributed by atoms with Crippen molar-refractivity contribution in [3.05, 3.63) is 60.2 Å². The molecule has 0 amide bonds. The van der Waals surface area contributed by atoms with E-state index in [0.29, 0.717) is 11.3 Å². The van der Waals surface area contributed by atoms with Gasteiger partial charge in [0.25, 0.3) is 0 Å². The van der Waals surface area contributed by atoms with Crippen molar-refractivity contribution in [2.45, 2.75) is 13.8 Å². The van der Waals surface area contributed by atoms with Crippen LogP contribution < -0.4 is 10.1 Å². The van der Waals surface area contributed by atoms with E-state index in [2.05, 4.69) is 5.32 Å². The summed E-state index contributed by atoms with van der Waals surface area (Å²) in [5.74, 6) is 0.195. The fraction of sp³-hybridized carbons (Fsp3) is 0.188. The molecule has 0 fully saturated rings. The average molecular weight is 257 g/mol. The monoisotopic (exact) mass is 257 g/mol. The molecule has 100 valence electrons. The number of hydrogen-bond acceptors (Lipinski definition) is 3. The van der Waals surface area contributed by atoms with Crippen molar-refractivity contribution in [1.82, 2.24) is 0 Å². The molecule has 0 saturated carbocycles. The minimum absolute atomic E-state index is 0.345. The molecule has 0 saturated heterocycles. The lowest BCUT2D eigenvalue weighted by atomic mass is 10.2. The number of hydrogen-bond donors (Lipinski definition) is 1. The van der Waals surface area contributed by atoms with Crippen molar-refractivity contribution in [1.29, 1.82) is 0 Å². The molecular formula is C16H19NO2. The van der Waals surface area contributed by atoms with Gasteiger partial charge < -0.3 is 10.1 Å². The van der Waals surface area contributed by atoms with Crippen LogP contribution in [0.15, 0.2) is 54.6 Å². The number of carbonyl (C=O) groups is 1. The first-order valence-corrected chi connectivity index (χ1v) is 6.34. The molecule has 19 heavy (non-hydrogen) atoms. The smallest absolute Gasteiger partial charge is 0.343 e. The van der Waals surface area contributed by atoms with E-state index in [-0.39, 0.29) is 5.97 Å². The maximum absolute atomic E-state index is 11.7. The van der Waals surface area contributed by atoms with Gasteiger partial charge in [-0.05, 0) is 36.4 Å². The highest BCUT2D eigenvalue weighted by molar-refractivity contribution is 5.90. The highest BCUT2D eigenvalue weighted by Gasteiger charge is 2.06. The van der Waals surface area contributed by atoms with Crippen molar-refractivity contribution >= 4 is 11.7 Å². The van der Waals surface area contributed by atoms with Crippen molar-refractivity contribution < 1.29 is 9.53 Å². The third-order valence-corrected chi connectivity index (χ3v) is 2.36. The van der Waals surface area contributed by atoms with Crippen LogP contribution >= 0.6 is 0 Å². The van der Waals surface area contributed by atoms with Gasteiger partial charge in [-0.25, -0.2) is 4.79 Å². The molecule has 0 radical (unpaired) electrons. The van der Waals surface area contributed by atoms with Gasteiger partial charge >= 0.3 is 5.97 Å². The lowest BCUT2D eigenvalue weighted by Gasteiger charge is -2.05. The molecule has 0 heterocycles. The molecule has 0 aliphatic rings. The molecule has 0 atom stereocenters. The summed E-state index contributed by atoms with van der Waals surface area (Å²) >= 11 is 0. The molecule has 2 rings (SSSR count). The third kappa shape index (κ3) is 4.47. The fourth-order valence-electron chi connectivity index (χ4n) is 1.43. The second kappa shape index (κ2) is 7.93. The van der Waals surface area contributed by atoms with Gasteiger partial charge in [0.2, 0.25) is 0 Å². The first-order valence-electron chi connectivity index (χ1n) is 6.34. The number of nitrogens with one attached hydrogen (secondary N) is 1. The van der Waals surface area contributed by atoms with Gasteiger partial charge in [0.15, 0.2) is 0 Å². The summed E-state index contributed by atoms with van der Waals surface area (Å²) in [6, 6.07) is 16.1. The first-order chi connectivity index (χ1) is 9.29. The molecule has 1 N–H and O–H groups in total. The van der Waals surface area contributed by atoms with Gasteiger partial charge in [0.05, 0.1) is 5.56 Å². The van der Waals surface area contributed by atoms with Crippen LogP contribution in [-0.2, 0) is 0 Å². The molecular weight excluding hydrogens is 238 g/mol. The zero-order valence-electron chi connectivity index (χ0n) is 11.5. The fourth-order valence-corrected chi connectivity index (χ4v) is 1.43. The van der Waals surface area contributed by atoms with Gasteiger partial charge in [-0.3, -0.25) is 0 Å². The van der Waals surface area contributed by atoms with Crippen LogP contribution in [0.25, 0.3) is 0 Å². The van der Waals surface area contributed by atoms with Crippen LogP contribution in [0.5, 0.6) is 5.75 Å². The highest BCUT2D eigenvalue weighted by atomic mass is 16.5. The average Bonchev–Trinajstić information content (AvgIpc) is 2.51. The summed E-state index contributed by atoms with van der Waals surface area (Å²) in [4.78, 5) is 11.7. The lowest BCUT2D eigenvalue weighted by molar-refractivity contribution is 0.0735. The van der Waals surface area contributed by atoms with E-state index in [1.54, 1.807) is 36.4 Å². The minimum Gasteiger partial charge on any atom is -0.423 e. The number of esters is 1. The Hall–Kier alpha value is -2.29. The molecule has 2 aromatic rings. The largest absolute Gasteiger partial charge is 0.423 e. The molecule has 0 aliphatic carbocycles. The summed E-state index contributed by atoms with van der Waals surface area (Å²) in [6.45, 7) is 4.00. The summed E-state index contributed by atoms with van der Waals surface area (Å²) in [5.41, 5.74) is 1.52. The molecule has 2 aromatic carbocycles. The Morgan fingerprint density at radius 2 is 1.53 bits per heavy atom. The van der Waals surface area contributed by atoms with Crippen molar-refractivity contribution in [3.63, 3.8) is 0 Å². The van der Waals surface area contributed by atoms with Crippen LogP contribution in [-0.4, -0.2) is 13.0 Å². The zero-order valence-corrected chi connectivity index (χ0v) is 11.5. The van der Waals surface area contributed by atoms with Crippen LogP contribution in [0.1, 0.15) is 24.2 Å². The number of benzene rings is 2. The van der Waals surface area contributed by atoms with Crippen LogP contribution in [0.3, 0.4) is 0 Å². The van der Waals surface area contributed by atoms with E-state index in [4.69, 9.17) is 4.74 Å². The molecule has 0 bridgehead atoms. The molecule has 0 spiro atoms. The predicted octanol–water partition coefficient (Wildman–Crippen LogP) is 3.97. The van der Waals surface area contributed by atoms with Gasteiger partial charge in [-0.1, -0.05) is 32.0 Å². The molecule has 0 unspecified atom stereocenters. The quantitative estimate of drug-likeness (QED) is 0.667. The van der Waals surface area contributed by atoms with E-state index < -0.39 is 0 Å². The second-order valence-corrected chi connectivity index (χ2v) is 3.53. The Morgan fingerprint density at radius 1 is 0.947 bits per heavy atom. The second-order valence-electron chi connectivity index (χ2n) is 3.53. The lowest BCUT2D eigenvalue weighted by Crippen LogP contribution is -2.07. The Balaban J connectivity index is 0.000000861. The molecule has 0 aromatic heterocycles. The zero-order chi connectivity index (χ0) is 14.1. The maximum Gasteiger partial charge on any atom is 0.343 e. The van der Waals surface area contributed by atoms with E-state index in [1.807, 2.05) is 39.1 Å². The number of ether oxygens (including phenoxy) is 1. The normalized spacial score (nSPS) is 9.00. The Morgan fingerprint density at radius 3 is 2.05 bits per heavy atom. The Kier molecular flexibility index (Phi) is 6.16. The van der Waals surface area contributed by atoms with E-state index in [9.17, 15) is 4.79 Å². The molecule has 3 heteroatoms. The summed E-state index contributed by atoms with van der Waals surface area (Å²) in [5, 5.41) is 3.00. The standard InChI is InChI=1S/C14H13NO2.C2H6/c1-15-12-7-9-13(10-8-12)17-14(16)11-5-3-2-4-6-11;1-2/h2-10,15H,1H3;1-2H3. The summed E-state index contributed by atoms with van der Waals surface area (Å²) in [7, 11) is 1.84. The Labute approximate surface area is 114 Å². The Bertz CT molecular complexity index is 492. The van der Waals surface area contributed by atoms with Gasteiger partial charge in [0, 0.05) is 12.7 Å². The highest BCUT2D eigenvalue weighted by Crippen LogP contribution is 2.16.